The molecule has 286 valence electrons. The van der Waals surface area contributed by atoms with Crippen LogP contribution in [0.5, 0.6) is 11.5 Å². The van der Waals surface area contributed by atoms with E-state index in [0.717, 1.165) is 32.7 Å². The van der Waals surface area contributed by atoms with Gasteiger partial charge >= 0.3 is 5.97 Å². The molecule has 4 fully saturated rings. The van der Waals surface area contributed by atoms with E-state index in [9.17, 15) is 35.4 Å². The van der Waals surface area contributed by atoms with Gasteiger partial charge < -0.3 is 55.2 Å². The number of benzene rings is 4. The Morgan fingerprint density at radius 3 is 2.51 bits per heavy atom. The van der Waals surface area contributed by atoms with Gasteiger partial charge in [-0.05, 0) is 102 Å². The first kappa shape index (κ1) is 35.1. The molecule has 0 radical (unpaired) electrons. The molecule has 12 nitrogen and oxygen atoms in total. The Hall–Kier alpha value is -4.37. The van der Waals surface area contributed by atoms with E-state index in [1.165, 1.54) is 0 Å². The highest BCUT2D eigenvalue weighted by atomic mass is 16.7. The maximum Gasteiger partial charge on any atom is 0.343 e. The fourth-order valence-corrected chi connectivity index (χ4v) is 11.2. The van der Waals surface area contributed by atoms with Gasteiger partial charge in [0.05, 0.1) is 34.9 Å². The standard InChI is InChI=1S/C43H44N2O10/c1-44-19-26-17-29-35-25-12-13-41(29,30(36(26)49)14-21-6-9-27(47)10-7-21)55-39-38(54-43(52,33(48)18-25)42(35,39)51)40(50)53-37-32(20-46)45-31-11-8-24-15-22-4-2-3-5-23(22)16-28(24)34(31)37/h2-11,15-16,18,26,29-30,33,35-36,38-39,44-49,51-52H,12-14,17,19-20H2,1H3/t26-,29+,30-,33+,35+,36-,38-,39+,41-,42-,43+/m1/s1. The van der Waals surface area contributed by atoms with Crippen LogP contribution in [0.1, 0.15) is 30.5 Å². The van der Waals surface area contributed by atoms with Gasteiger partial charge in [-0.25, -0.2) is 4.79 Å². The largest absolute Gasteiger partial charge is 0.508 e. The third kappa shape index (κ3) is 4.77. The lowest BCUT2D eigenvalue weighted by Crippen LogP contribution is -2.79. The molecule has 5 aromatic rings. The molecule has 0 amide bonds. The molecule has 4 aromatic carbocycles. The van der Waals surface area contributed by atoms with E-state index in [0.29, 0.717) is 43.1 Å². The molecule has 2 bridgehead atoms. The highest BCUT2D eigenvalue weighted by molar-refractivity contribution is 6.14. The number of ether oxygens (including phenoxy) is 3. The van der Waals surface area contributed by atoms with Gasteiger partial charge in [0.2, 0.25) is 5.79 Å². The Bertz CT molecular complexity index is 2390. The second-order valence-corrected chi connectivity index (χ2v) is 16.3. The van der Waals surface area contributed by atoms with Crippen molar-refractivity contribution in [3.05, 3.63) is 95.7 Å². The zero-order valence-electron chi connectivity index (χ0n) is 30.2. The molecular formula is C43H44N2O10. The number of aromatic amines is 1. The topological polar surface area (TPSA) is 194 Å². The highest BCUT2D eigenvalue weighted by Gasteiger charge is 2.82. The van der Waals surface area contributed by atoms with Gasteiger partial charge in [-0.15, -0.1) is 0 Å². The monoisotopic (exact) mass is 748 g/mol. The number of aromatic hydroxyl groups is 1. The van der Waals surface area contributed by atoms with Crippen LogP contribution in [-0.2, 0) is 27.3 Å². The molecule has 2 aliphatic heterocycles. The van der Waals surface area contributed by atoms with Crippen LogP contribution in [0.4, 0.5) is 0 Å². The van der Waals surface area contributed by atoms with Gasteiger partial charge in [0.1, 0.15) is 18.0 Å². The highest BCUT2D eigenvalue weighted by Crippen LogP contribution is 2.68. The first-order chi connectivity index (χ1) is 26.5. The van der Waals surface area contributed by atoms with Crippen LogP contribution < -0.4 is 10.1 Å². The number of aromatic nitrogens is 1. The van der Waals surface area contributed by atoms with Crippen molar-refractivity contribution in [3.63, 3.8) is 0 Å². The lowest BCUT2D eigenvalue weighted by molar-refractivity contribution is -0.366. The zero-order chi connectivity index (χ0) is 38.0. The number of phenols is 1. The van der Waals surface area contributed by atoms with E-state index >= 15 is 0 Å². The first-order valence-electron chi connectivity index (χ1n) is 19.1. The van der Waals surface area contributed by atoms with E-state index in [2.05, 4.69) is 10.3 Å². The second kappa shape index (κ2) is 12.3. The Morgan fingerprint density at radius 2 is 1.76 bits per heavy atom. The molecule has 2 saturated carbocycles. The van der Waals surface area contributed by atoms with Crippen molar-refractivity contribution in [2.75, 3.05) is 13.6 Å². The summed E-state index contributed by atoms with van der Waals surface area (Å²) in [7, 11) is 1.82. The lowest BCUT2D eigenvalue weighted by atomic mass is 9.46. The predicted octanol–water partition coefficient (Wildman–Crippen LogP) is 3.32. The van der Waals surface area contributed by atoms with Crippen LogP contribution >= 0.6 is 0 Å². The summed E-state index contributed by atoms with van der Waals surface area (Å²) in [5.74, 6) is -5.31. The normalized spacial score (nSPS) is 36.2. The van der Waals surface area contributed by atoms with Crippen LogP contribution in [0, 0.1) is 23.7 Å². The summed E-state index contributed by atoms with van der Waals surface area (Å²) in [6, 6.07) is 22.6. The Labute approximate surface area is 316 Å². The number of carbonyl (C=O) groups is 1. The molecule has 3 heterocycles. The Kier molecular flexibility index (Phi) is 7.85. The van der Waals surface area contributed by atoms with Crippen LogP contribution in [0.15, 0.2) is 84.4 Å². The van der Waals surface area contributed by atoms with Crippen molar-refractivity contribution >= 4 is 38.4 Å². The number of nitrogens with one attached hydrogen (secondary N) is 2. The molecule has 0 spiro atoms. The van der Waals surface area contributed by atoms with Crippen molar-refractivity contribution in [1.29, 1.82) is 0 Å². The summed E-state index contributed by atoms with van der Waals surface area (Å²) in [5, 5.41) is 76.8. The third-order valence-electron chi connectivity index (χ3n) is 13.6. The summed E-state index contributed by atoms with van der Waals surface area (Å²) < 4.78 is 19.5. The first-order valence-corrected chi connectivity index (χ1v) is 19.1. The molecule has 3 aliphatic carbocycles. The summed E-state index contributed by atoms with van der Waals surface area (Å²) in [6.07, 6.45) is -2.46. The number of fused-ring (bicyclic) bond motifs is 4. The van der Waals surface area contributed by atoms with E-state index < -0.39 is 71.7 Å². The van der Waals surface area contributed by atoms with Crippen molar-refractivity contribution in [2.24, 2.45) is 23.7 Å². The van der Waals surface area contributed by atoms with Crippen molar-refractivity contribution in [1.82, 2.24) is 10.3 Å². The number of hydrogen-bond donors (Lipinski definition) is 8. The minimum absolute atomic E-state index is 0.0837. The molecule has 12 heteroatoms. The fraction of sp³-hybridized carbons (Fsp3) is 0.419. The van der Waals surface area contributed by atoms with Crippen molar-refractivity contribution < 1.29 is 49.6 Å². The Morgan fingerprint density at radius 1 is 1.00 bits per heavy atom. The average Bonchev–Trinajstić information content (AvgIpc) is 3.65. The minimum Gasteiger partial charge on any atom is -0.508 e. The molecule has 0 unspecified atom stereocenters. The van der Waals surface area contributed by atoms with E-state index in [4.69, 9.17) is 14.2 Å². The van der Waals surface area contributed by atoms with Gasteiger partial charge in [-0.2, -0.15) is 0 Å². The minimum atomic E-state index is -2.62. The van der Waals surface area contributed by atoms with Crippen molar-refractivity contribution in [2.45, 2.75) is 73.7 Å². The van der Waals surface area contributed by atoms with E-state index in [-0.39, 0.29) is 23.1 Å². The van der Waals surface area contributed by atoms with Crippen molar-refractivity contribution in [3.8, 4) is 11.5 Å². The smallest absolute Gasteiger partial charge is 0.343 e. The van der Waals surface area contributed by atoms with E-state index in [1.54, 1.807) is 18.2 Å². The molecule has 10 rings (SSSR count). The average molecular weight is 749 g/mol. The third-order valence-corrected chi connectivity index (χ3v) is 13.6. The summed E-state index contributed by atoms with van der Waals surface area (Å²) in [5.41, 5.74) is -0.809. The Balaban J connectivity index is 1.09. The molecule has 5 aliphatic rings. The number of carbonyl (C=O) groups excluding carboxylic acids is 1. The van der Waals surface area contributed by atoms with Crippen LogP contribution in [0.25, 0.3) is 32.4 Å². The molecular weight excluding hydrogens is 704 g/mol. The zero-order valence-corrected chi connectivity index (χ0v) is 30.2. The molecule has 55 heavy (non-hydrogen) atoms. The number of aliphatic hydroxyl groups excluding tert-OH is 3. The van der Waals surface area contributed by atoms with Crippen LogP contribution in [0.3, 0.4) is 0 Å². The fourth-order valence-electron chi connectivity index (χ4n) is 11.2. The van der Waals surface area contributed by atoms with Crippen LogP contribution in [0.2, 0.25) is 0 Å². The van der Waals surface area contributed by atoms with Gasteiger partial charge in [0, 0.05) is 18.4 Å². The van der Waals surface area contributed by atoms with Gasteiger partial charge in [-0.3, -0.25) is 0 Å². The van der Waals surface area contributed by atoms with Gasteiger partial charge in [0.15, 0.2) is 17.5 Å². The number of hydrogen-bond acceptors (Lipinski definition) is 11. The van der Waals surface area contributed by atoms with E-state index in [1.807, 2.05) is 67.7 Å². The lowest BCUT2D eigenvalue weighted by Gasteiger charge is -2.67. The maximum atomic E-state index is 14.7. The SMILES string of the molecule is CNC[C@H]1C[C@H]2[C@@H]3C4=C[C@H](O)[C@]5(O)O[C@@H](C(=O)Oc6c(CO)[nH]c7ccc8cc9ccccc9cc8c67)[C@H](O[C@@]2(CC4)[C@H](Cc2ccc(O)cc2)[C@@H]1O)[C@]35O. The summed E-state index contributed by atoms with van der Waals surface area (Å²) in [4.78, 5) is 17.8. The number of aliphatic hydroxyl groups is 5. The second-order valence-electron chi connectivity index (χ2n) is 16.3. The molecule has 11 atom stereocenters. The molecule has 2 saturated heterocycles. The molecule has 1 aromatic heterocycles. The summed E-state index contributed by atoms with van der Waals surface area (Å²) in [6.45, 7) is 0.0171. The van der Waals surface area contributed by atoms with Gasteiger partial charge in [0.25, 0.3) is 0 Å². The quantitative estimate of drug-likeness (QED) is 0.0692. The predicted molar refractivity (Wildman–Crippen MR) is 201 cm³/mol. The maximum absolute atomic E-state index is 14.7. The van der Waals surface area contributed by atoms with Gasteiger partial charge in [-0.1, -0.05) is 54.1 Å². The summed E-state index contributed by atoms with van der Waals surface area (Å²) >= 11 is 0. The van der Waals surface area contributed by atoms with Crippen LogP contribution in [-0.4, -0.2) is 96.6 Å². The number of H-pyrrole nitrogens is 1. The number of phenolic OH excluding ortho intramolecular Hbond substituents is 1. The number of rotatable bonds is 7. The number of esters is 1. The molecule has 8 N–H and O–H groups in total.